The van der Waals surface area contributed by atoms with Crippen LogP contribution < -0.4 is 10.1 Å². The summed E-state index contributed by atoms with van der Waals surface area (Å²) >= 11 is 0. The summed E-state index contributed by atoms with van der Waals surface area (Å²) in [5.41, 5.74) is 3.15. The molecule has 4 rings (SSSR count). The topological polar surface area (TPSA) is 88.0 Å². The second-order valence-electron chi connectivity index (χ2n) is 11.0. The highest BCUT2D eigenvalue weighted by Gasteiger charge is 2.44. The molecule has 0 fully saturated rings. The largest absolute Gasteiger partial charge is 0.494 e. The van der Waals surface area contributed by atoms with Crippen molar-refractivity contribution >= 4 is 16.1 Å². The van der Waals surface area contributed by atoms with Gasteiger partial charge in [0, 0.05) is 30.2 Å². The van der Waals surface area contributed by atoms with Crippen LogP contribution in [-0.4, -0.2) is 51.3 Å². The molecular weight excluding hydrogens is 484 g/mol. The first kappa shape index (κ1) is 27.6. The first-order chi connectivity index (χ1) is 17.7. The summed E-state index contributed by atoms with van der Waals surface area (Å²) in [4.78, 5) is 4.46. The van der Waals surface area contributed by atoms with Crippen LogP contribution in [0.1, 0.15) is 68.6 Å². The summed E-state index contributed by atoms with van der Waals surface area (Å²) in [6.45, 7) is 8.28. The van der Waals surface area contributed by atoms with E-state index in [2.05, 4.69) is 10.3 Å². The molecule has 2 aromatic rings. The number of hydrogen-bond acceptors (Lipinski definition) is 6. The second kappa shape index (κ2) is 11.9. The normalized spacial score (nSPS) is 21.8. The fourth-order valence-electron chi connectivity index (χ4n) is 5.24. The van der Waals surface area contributed by atoms with Crippen LogP contribution in [0.5, 0.6) is 5.75 Å². The van der Waals surface area contributed by atoms with E-state index >= 15 is 0 Å². The van der Waals surface area contributed by atoms with Crippen LogP contribution in [0.4, 0.5) is 0 Å². The average Bonchev–Trinajstić information content (AvgIpc) is 3.35. The number of rotatable bonds is 11. The average molecular weight is 525 g/mol. The summed E-state index contributed by atoms with van der Waals surface area (Å²) < 4.78 is 32.3. The van der Waals surface area contributed by atoms with Gasteiger partial charge in [0.15, 0.2) is 9.84 Å². The maximum absolute atomic E-state index is 13.2. The first-order valence-electron chi connectivity index (χ1n) is 13.3. The number of aliphatic hydroxyl groups is 1. The Morgan fingerprint density at radius 3 is 2.59 bits per heavy atom. The smallest absolute Gasteiger partial charge is 0.179 e. The molecule has 0 spiro atoms. The molecule has 37 heavy (non-hydrogen) atoms. The minimum absolute atomic E-state index is 0.0858. The molecule has 0 saturated heterocycles. The highest BCUT2D eigenvalue weighted by atomic mass is 32.2. The Hall–Kier alpha value is -2.48. The van der Waals surface area contributed by atoms with Gasteiger partial charge < -0.3 is 15.2 Å². The van der Waals surface area contributed by atoms with Crippen LogP contribution in [-0.2, 0) is 9.84 Å². The standard InChI is InChI=1S/C30H40N2O4S/c1-22-7-12-27-26(19-22)28(29(33)30(2,3)21-37(27,34)35)24-8-10-25(11-9-24)36-18-6-4-5-15-31-16-13-23-14-17-32-20-23/h7-12,17,19-20,28-29,31,33H,4-6,13-16,18,21H2,1-3H3/t28-,29-/m1/s1. The van der Waals surface area contributed by atoms with Crippen molar-refractivity contribution in [1.29, 1.82) is 0 Å². The van der Waals surface area contributed by atoms with Gasteiger partial charge in [-0.15, -0.1) is 0 Å². The molecule has 0 saturated carbocycles. The number of aliphatic imine (C=N–C) groups is 1. The van der Waals surface area contributed by atoms with Gasteiger partial charge in [0.1, 0.15) is 5.75 Å². The molecule has 0 amide bonds. The SMILES string of the molecule is Cc1ccc2c(c1)[C@@H](c1ccc(OCCCCCNCCC3=CN=CC3)cc1)[C@@H](O)C(C)(C)CS2(=O)=O. The van der Waals surface area contributed by atoms with Crippen molar-refractivity contribution in [3.05, 3.63) is 70.9 Å². The highest BCUT2D eigenvalue weighted by Crippen LogP contribution is 2.45. The Balaban J connectivity index is 1.31. The molecule has 2 aliphatic rings. The maximum Gasteiger partial charge on any atom is 0.179 e. The molecule has 0 aliphatic carbocycles. The summed E-state index contributed by atoms with van der Waals surface area (Å²) in [6.07, 6.45) is 8.35. The highest BCUT2D eigenvalue weighted by molar-refractivity contribution is 7.91. The van der Waals surface area contributed by atoms with Gasteiger partial charge in [0.05, 0.1) is 23.4 Å². The molecule has 7 heteroatoms. The van der Waals surface area contributed by atoms with E-state index in [-0.39, 0.29) is 5.75 Å². The van der Waals surface area contributed by atoms with Gasteiger partial charge >= 0.3 is 0 Å². The van der Waals surface area contributed by atoms with Gasteiger partial charge in [-0.3, -0.25) is 4.99 Å². The molecular formula is C30H40N2O4S. The van der Waals surface area contributed by atoms with Crippen LogP contribution in [0.15, 0.2) is 64.1 Å². The molecule has 2 aliphatic heterocycles. The molecule has 0 aromatic heterocycles. The van der Waals surface area contributed by atoms with Gasteiger partial charge in [0.2, 0.25) is 0 Å². The van der Waals surface area contributed by atoms with Gasteiger partial charge in [-0.2, -0.15) is 0 Å². The zero-order chi connectivity index (χ0) is 26.5. The Morgan fingerprint density at radius 1 is 1.08 bits per heavy atom. The van der Waals surface area contributed by atoms with E-state index < -0.39 is 27.3 Å². The monoisotopic (exact) mass is 524 g/mol. The van der Waals surface area contributed by atoms with Crippen molar-refractivity contribution in [2.24, 2.45) is 10.4 Å². The minimum atomic E-state index is -3.51. The number of unbranched alkanes of at least 4 members (excludes halogenated alkanes) is 2. The number of aryl methyl sites for hydroxylation is 1. The van der Waals surface area contributed by atoms with E-state index in [1.54, 1.807) is 6.07 Å². The van der Waals surface area contributed by atoms with E-state index in [0.29, 0.717) is 17.1 Å². The molecule has 2 N–H and O–H groups in total. The first-order valence-corrected chi connectivity index (χ1v) is 15.0. The molecule has 6 nitrogen and oxygen atoms in total. The lowest BCUT2D eigenvalue weighted by molar-refractivity contribution is 0.0521. The number of benzene rings is 2. The summed E-state index contributed by atoms with van der Waals surface area (Å²) in [7, 11) is -3.51. The van der Waals surface area contributed by atoms with Crippen LogP contribution in [0.25, 0.3) is 0 Å². The van der Waals surface area contributed by atoms with E-state index in [1.165, 1.54) is 5.57 Å². The Kier molecular flexibility index (Phi) is 8.88. The lowest BCUT2D eigenvalue weighted by atomic mass is 9.75. The van der Waals surface area contributed by atoms with Crippen molar-refractivity contribution in [1.82, 2.24) is 5.32 Å². The molecule has 2 aromatic carbocycles. The van der Waals surface area contributed by atoms with E-state index in [0.717, 1.165) is 62.1 Å². The van der Waals surface area contributed by atoms with Gasteiger partial charge in [0.25, 0.3) is 0 Å². The fourth-order valence-corrected chi connectivity index (χ4v) is 7.37. The number of nitrogens with zero attached hydrogens (tertiary/aromatic N) is 1. The molecule has 0 bridgehead atoms. The number of ether oxygens (including phenoxy) is 1. The number of hydrogen-bond donors (Lipinski definition) is 2. The second-order valence-corrected chi connectivity index (χ2v) is 13.0. The number of aliphatic hydroxyl groups excluding tert-OH is 1. The number of fused-ring (bicyclic) bond motifs is 1. The summed E-state index contributed by atoms with van der Waals surface area (Å²) in [6, 6.07) is 13.2. The van der Waals surface area contributed by atoms with E-state index in [1.807, 2.05) is 69.6 Å². The molecule has 2 heterocycles. The zero-order valence-corrected chi connectivity index (χ0v) is 23.1. The third-order valence-electron chi connectivity index (χ3n) is 7.36. The van der Waals surface area contributed by atoms with Gasteiger partial charge in [-0.25, -0.2) is 8.42 Å². The molecule has 0 radical (unpaired) electrons. The predicted molar refractivity (Wildman–Crippen MR) is 149 cm³/mol. The van der Waals surface area contributed by atoms with Crippen LogP contribution in [0, 0.1) is 12.3 Å². The lowest BCUT2D eigenvalue weighted by Gasteiger charge is -2.33. The van der Waals surface area contributed by atoms with Crippen molar-refractivity contribution < 1.29 is 18.3 Å². The summed E-state index contributed by atoms with van der Waals surface area (Å²) in [5, 5.41) is 14.9. The van der Waals surface area contributed by atoms with Crippen molar-refractivity contribution in [2.45, 2.75) is 69.8 Å². The molecule has 200 valence electrons. The lowest BCUT2D eigenvalue weighted by Crippen LogP contribution is -2.38. The summed E-state index contributed by atoms with van der Waals surface area (Å²) in [5.74, 6) is 0.270. The zero-order valence-electron chi connectivity index (χ0n) is 22.2. The van der Waals surface area contributed by atoms with Crippen molar-refractivity contribution in [2.75, 3.05) is 25.4 Å². The fraction of sp³-hybridized carbons (Fsp3) is 0.500. The van der Waals surface area contributed by atoms with Crippen molar-refractivity contribution in [3.8, 4) is 5.75 Å². The molecule has 2 atom stereocenters. The molecule has 0 unspecified atom stereocenters. The van der Waals surface area contributed by atoms with Crippen LogP contribution in [0.3, 0.4) is 0 Å². The number of sulfone groups is 1. The number of nitrogens with one attached hydrogen (secondary N) is 1. The van der Waals surface area contributed by atoms with Crippen LogP contribution in [0.2, 0.25) is 0 Å². The third-order valence-corrected chi connectivity index (χ3v) is 9.52. The maximum atomic E-state index is 13.2. The van der Waals surface area contributed by atoms with E-state index in [9.17, 15) is 13.5 Å². The van der Waals surface area contributed by atoms with Crippen LogP contribution >= 0.6 is 0 Å². The quantitative estimate of drug-likeness (QED) is 0.395. The Morgan fingerprint density at radius 2 is 1.86 bits per heavy atom. The third kappa shape index (κ3) is 6.89. The van der Waals surface area contributed by atoms with Crippen molar-refractivity contribution in [3.63, 3.8) is 0 Å². The Bertz CT molecular complexity index is 1230. The van der Waals surface area contributed by atoms with Gasteiger partial charge in [-0.05, 0) is 80.6 Å². The van der Waals surface area contributed by atoms with Gasteiger partial charge in [-0.1, -0.05) is 43.7 Å². The minimum Gasteiger partial charge on any atom is -0.494 e. The Labute approximate surface area is 221 Å². The predicted octanol–water partition coefficient (Wildman–Crippen LogP) is 5.19. The van der Waals surface area contributed by atoms with E-state index in [4.69, 9.17) is 4.74 Å².